The van der Waals surface area contributed by atoms with E-state index in [1.54, 1.807) is 0 Å². The minimum Gasteiger partial charge on any atom is -0.389 e. The number of likely N-dealkylation sites (tertiary alicyclic amines) is 1. The third kappa shape index (κ3) is 3.53. The first-order chi connectivity index (χ1) is 17.2. The minimum atomic E-state index is -0.911. The van der Waals surface area contributed by atoms with Gasteiger partial charge in [0, 0.05) is 6.54 Å². The molecule has 1 heterocycles. The van der Waals surface area contributed by atoms with Crippen LogP contribution in [0.2, 0.25) is 0 Å². The zero-order chi connectivity index (χ0) is 23.8. The molecular weight excluding hydrogens is 434 g/mol. The van der Waals surface area contributed by atoms with Gasteiger partial charge >= 0.3 is 0 Å². The molecule has 2 N–H and O–H groups in total. The number of aliphatic hydroxyl groups excluding tert-OH is 2. The Hall–Kier alpha value is -3.28. The van der Waals surface area contributed by atoms with Crippen LogP contribution in [0.1, 0.15) is 22.3 Å². The molecule has 0 amide bonds. The summed E-state index contributed by atoms with van der Waals surface area (Å²) >= 11 is 0. The molecule has 1 fully saturated rings. The standard InChI is InChI=1S/C31H29NO3/c33-29-19-32(28(30(29)34)21-35-20-22-11-3-1-4-12-22)31(23-13-5-2-6-14-23)26-17-9-7-15-24(26)25-16-8-10-18-27(25)31/h1-18,28-30,33-34H,19-21H2/t28-,29-,30-/m0/s1. The van der Waals surface area contributed by atoms with Gasteiger partial charge in [0.25, 0.3) is 0 Å². The van der Waals surface area contributed by atoms with Gasteiger partial charge in [0.15, 0.2) is 0 Å². The maximum atomic E-state index is 11.2. The zero-order valence-electron chi connectivity index (χ0n) is 19.5. The Morgan fingerprint density at radius 1 is 0.714 bits per heavy atom. The fourth-order valence-corrected chi connectivity index (χ4v) is 6.01. The van der Waals surface area contributed by atoms with Crippen LogP contribution in [-0.2, 0) is 16.9 Å². The molecule has 35 heavy (non-hydrogen) atoms. The average Bonchev–Trinajstić information content (AvgIpc) is 3.37. The van der Waals surface area contributed by atoms with Crippen LogP contribution in [0.15, 0.2) is 109 Å². The van der Waals surface area contributed by atoms with Crippen molar-refractivity contribution in [2.45, 2.75) is 30.4 Å². The Kier molecular flexibility index (Phi) is 5.75. The van der Waals surface area contributed by atoms with Crippen LogP contribution >= 0.6 is 0 Å². The highest BCUT2D eigenvalue weighted by Crippen LogP contribution is 2.55. The lowest BCUT2D eigenvalue weighted by Crippen LogP contribution is -2.52. The summed E-state index contributed by atoms with van der Waals surface area (Å²) in [5.41, 5.74) is 6.27. The average molecular weight is 464 g/mol. The summed E-state index contributed by atoms with van der Waals surface area (Å²) in [5.74, 6) is 0. The van der Waals surface area contributed by atoms with Gasteiger partial charge in [-0.1, -0.05) is 109 Å². The molecular formula is C31H29NO3. The van der Waals surface area contributed by atoms with E-state index in [4.69, 9.17) is 4.74 Å². The van der Waals surface area contributed by atoms with Gasteiger partial charge < -0.3 is 14.9 Å². The van der Waals surface area contributed by atoms with Crippen molar-refractivity contribution < 1.29 is 14.9 Å². The molecule has 0 unspecified atom stereocenters. The van der Waals surface area contributed by atoms with Crippen LogP contribution in [0.3, 0.4) is 0 Å². The fourth-order valence-electron chi connectivity index (χ4n) is 6.01. The first-order valence-corrected chi connectivity index (χ1v) is 12.2. The molecule has 6 rings (SSSR count). The maximum Gasteiger partial charge on any atom is 0.0990 e. The maximum absolute atomic E-state index is 11.2. The summed E-state index contributed by atoms with van der Waals surface area (Å²) in [6.07, 6.45) is -1.77. The van der Waals surface area contributed by atoms with Gasteiger partial charge in [0.1, 0.15) is 0 Å². The molecule has 3 atom stereocenters. The van der Waals surface area contributed by atoms with Gasteiger partial charge in [-0.2, -0.15) is 0 Å². The molecule has 1 aliphatic heterocycles. The van der Waals surface area contributed by atoms with Crippen LogP contribution in [0.25, 0.3) is 11.1 Å². The summed E-state index contributed by atoms with van der Waals surface area (Å²) in [6, 6.07) is 37.1. The molecule has 0 bridgehead atoms. The molecule has 4 aromatic carbocycles. The van der Waals surface area contributed by atoms with Gasteiger partial charge in [-0.25, -0.2) is 0 Å². The number of aliphatic hydroxyl groups is 2. The molecule has 2 aliphatic rings. The number of rotatable bonds is 6. The predicted molar refractivity (Wildman–Crippen MR) is 137 cm³/mol. The van der Waals surface area contributed by atoms with Crippen molar-refractivity contribution in [1.82, 2.24) is 4.90 Å². The predicted octanol–water partition coefficient (Wildman–Crippen LogP) is 4.58. The lowest BCUT2D eigenvalue weighted by atomic mass is 9.78. The summed E-state index contributed by atoms with van der Waals surface area (Å²) in [5, 5.41) is 22.1. The van der Waals surface area contributed by atoms with E-state index in [0.29, 0.717) is 19.8 Å². The third-order valence-electron chi connectivity index (χ3n) is 7.52. The molecule has 4 nitrogen and oxygen atoms in total. The van der Waals surface area contributed by atoms with Gasteiger partial charge in [-0.3, -0.25) is 4.90 Å². The van der Waals surface area contributed by atoms with E-state index in [9.17, 15) is 10.2 Å². The second-order valence-electron chi connectivity index (χ2n) is 9.45. The first kappa shape index (κ1) is 22.2. The largest absolute Gasteiger partial charge is 0.389 e. The highest BCUT2D eigenvalue weighted by atomic mass is 16.5. The number of benzene rings is 4. The van der Waals surface area contributed by atoms with Crippen molar-refractivity contribution in [1.29, 1.82) is 0 Å². The second-order valence-corrected chi connectivity index (χ2v) is 9.45. The van der Waals surface area contributed by atoms with E-state index < -0.39 is 17.7 Å². The fraction of sp³-hybridized carbons (Fsp3) is 0.226. The van der Waals surface area contributed by atoms with Crippen molar-refractivity contribution in [2.24, 2.45) is 0 Å². The Balaban J connectivity index is 1.48. The van der Waals surface area contributed by atoms with Crippen molar-refractivity contribution >= 4 is 0 Å². The SMILES string of the molecule is O[C@@H]1[C@@H](O)CN(C2(c3ccccc3)c3ccccc3-c3ccccc32)[C@H]1COCc1ccccc1. The normalized spacial score (nSPS) is 22.6. The third-order valence-corrected chi connectivity index (χ3v) is 7.52. The quantitative estimate of drug-likeness (QED) is 0.440. The van der Waals surface area contributed by atoms with Gasteiger partial charge in [0.05, 0.1) is 37.0 Å². The minimum absolute atomic E-state index is 0.312. The van der Waals surface area contributed by atoms with E-state index in [2.05, 4.69) is 77.7 Å². The van der Waals surface area contributed by atoms with Crippen LogP contribution in [0, 0.1) is 0 Å². The monoisotopic (exact) mass is 463 g/mol. The summed E-state index contributed by atoms with van der Waals surface area (Å²) in [6.45, 7) is 1.11. The van der Waals surface area contributed by atoms with Gasteiger partial charge in [-0.05, 0) is 33.4 Å². The van der Waals surface area contributed by atoms with Crippen molar-refractivity contribution in [2.75, 3.05) is 13.2 Å². The molecule has 0 radical (unpaired) electrons. The molecule has 0 saturated carbocycles. The Morgan fingerprint density at radius 3 is 1.89 bits per heavy atom. The highest BCUT2D eigenvalue weighted by molar-refractivity contribution is 5.83. The summed E-state index contributed by atoms with van der Waals surface area (Å²) < 4.78 is 6.16. The number of nitrogens with zero attached hydrogens (tertiary/aromatic N) is 1. The Bertz CT molecular complexity index is 1260. The number of β-amino-alcohol motifs (C(OH)–C–C–N with tert-alkyl or cyclic N) is 1. The smallest absolute Gasteiger partial charge is 0.0990 e. The molecule has 1 saturated heterocycles. The van der Waals surface area contributed by atoms with Crippen LogP contribution in [0.4, 0.5) is 0 Å². The van der Waals surface area contributed by atoms with E-state index in [-0.39, 0.29) is 6.04 Å². The molecule has 0 spiro atoms. The van der Waals surface area contributed by atoms with Gasteiger partial charge in [0.2, 0.25) is 0 Å². The first-order valence-electron chi connectivity index (χ1n) is 12.2. The Labute approximate surface area is 206 Å². The van der Waals surface area contributed by atoms with E-state index >= 15 is 0 Å². The topological polar surface area (TPSA) is 52.9 Å². The molecule has 176 valence electrons. The van der Waals surface area contributed by atoms with Crippen molar-refractivity contribution in [3.63, 3.8) is 0 Å². The molecule has 0 aromatic heterocycles. The van der Waals surface area contributed by atoms with Crippen molar-refractivity contribution in [3.8, 4) is 11.1 Å². The number of hydrogen-bond donors (Lipinski definition) is 2. The van der Waals surface area contributed by atoms with Crippen LogP contribution < -0.4 is 0 Å². The number of ether oxygens (including phenoxy) is 1. The molecule has 4 aromatic rings. The number of fused-ring (bicyclic) bond motifs is 3. The molecule has 4 heteroatoms. The van der Waals surface area contributed by atoms with Crippen LogP contribution in [-0.4, -0.2) is 46.5 Å². The summed E-state index contributed by atoms with van der Waals surface area (Å²) in [7, 11) is 0. The zero-order valence-corrected chi connectivity index (χ0v) is 19.5. The second kappa shape index (κ2) is 9.06. The Morgan fingerprint density at radius 2 is 1.26 bits per heavy atom. The molecule has 1 aliphatic carbocycles. The lowest BCUT2D eigenvalue weighted by Gasteiger charge is -2.44. The van der Waals surface area contributed by atoms with Gasteiger partial charge in [-0.15, -0.1) is 0 Å². The highest BCUT2D eigenvalue weighted by Gasteiger charge is 2.56. The summed E-state index contributed by atoms with van der Waals surface area (Å²) in [4.78, 5) is 2.27. The van der Waals surface area contributed by atoms with E-state index in [0.717, 1.165) is 11.1 Å². The lowest BCUT2D eigenvalue weighted by molar-refractivity contribution is -0.0135. The van der Waals surface area contributed by atoms with Crippen LogP contribution in [0.5, 0.6) is 0 Å². The van der Waals surface area contributed by atoms with E-state index in [1.165, 1.54) is 22.3 Å². The van der Waals surface area contributed by atoms with E-state index in [1.807, 2.05) is 36.4 Å². The van der Waals surface area contributed by atoms with Crippen molar-refractivity contribution in [3.05, 3.63) is 131 Å². The number of hydrogen-bond acceptors (Lipinski definition) is 4.